The number of fused-ring (bicyclic) bond motifs is 12. The predicted octanol–water partition coefficient (Wildman–Crippen LogP) is 17.2. The molecule has 6 heteroatoms. The highest BCUT2D eigenvalue weighted by Gasteiger charge is 2.31. The van der Waals surface area contributed by atoms with Crippen LogP contribution in [0.4, 0.5) is 0 Å². The van der Waals surface area contributed by atoms with Crippen molar-refractivity contribution in [3.63, 3.8) is 0 Å². The third-order valence-corrected chi connectivity index (χ3v) is 15.2. The molecule has 6 nitrogen and oxygen atoms in total. The van der Waals surface area contributed by atoms with Gasteiger partial charge in [0.15, 0.2) is 0 Å². The highest BCUT2D eigenvalue weighted by atomic mass is 15.0. The van der Waals surface area contributed by atoms with Crippen molar-refractivity contribution < 1.29 is 0 Å². The Kier molecular flexibility index (Phi) is 8.99. The molecular formula is C68H40N6. The van der Waals surface area contributed by atoms with E-state index in [2.05, 4.69) is 212 Å². The van der Waals surface area contributed by atoms with Crippen molar-refractivity contribution in [2.24, 2.45) is 0 Å². The first-order valence-corrected chi connectivity index (χ1v) is 24.9. The first kappa shape index (κ1) is 41.4. The topological polar surface area (TPSA) is 67.3 Å². The van der Waals surface area contributed by atoms with Gasteiger partial charge in [-0.1, -0.05) is 170 Å². The zero-order valence-corrected chi connectivity index (χ0v) is 39.8. The second kappa shape index (κ2) is 16.1. The molecule has 342 valence electrons. The van der Waals surface area contributed by atoms with Crippen LogP contribution in [-0.2, 0) is 0 Å². The second-order valence-corrected chi connectivity index (χ2v) is 19.0. The average molecular weight is 941 g/mol. The van der Waals surface area contributed by atoms with Gasteiger partial charge in [-0.25, -0.2) is 0 Å². The molecule has 0 saturated heterocycles. The van der Waals surface area contributed by atoms with Crippen molar-refractivity contribution in [1.29, 1.82) is 10.5 Å². The average Bonchev–Trinajstić information content (AvgIpc) is 4.20. The van der Waals surface area contributed by atoms with Crippen LogP contribution in [-0.4, -0.2) is 18.3 Å². The van der Waals surface area contributed by atoms with Gasteiger partial charge in [0.1, 0.15) is 12.1 Å². The van der Waals surface area contributed by atoms with Crippen molar-refractivity contribution in [1.82, 2.24) is 18.3 Å². The smallest absolute Gasteiger partial charge is 0.102 e. The molecule has 15 aromatic rings. The summed E-state index contributed by atoms with van der Waals surface area (Å²) in [6.07, 6.45) is 0. The molecular weight excluding hydrogens is 901 g/mol. The fourth-order valence-corrected chi connectivity index (χ4v) is 12.2. The zero-order valence-electron chi connectivity index (χ0n) is 39.8. The number of benzene rings is 11. The van der Waals surface area contributed by atoms with Crippen LogP contribution >= 0.6 is 0 Å². The summed E-state index contributed by atoms with van der Waals surface area (Å²) in [4.78, 5) is 0. The van der Waals surface area contributed by atoms with Crippen LogP contribution in [0.15, 0.2) is 243 Å². The monoisotopic (exact) mass is 940 g/mol. The number of nitriles is 2. The number of aromatic nitrogens is 4. The Morgan fingerprint density at radius 3 is 0.865 bits per heavy atom. The van der Waals surface area contributed by atoms with E-state index in [9.17, 15) is 10.5 Å². The highest BCUT2D eigenvalue weighted by molar-refractivity contribution is 6.16. The maximum atomic E-state index is 11.8. The van der Waals surface area contributed by atoms with Gasteiger partial charge < -0.3 is 18.3 Å². The lowest BCUT2D eigenvalue weighted by Gasteiger charge is -2.25. The quantitative estimate of drug-likeness (QED) is 0.167. The molecule has 0 spiro atoms. The lowest BCUT2D eigenvalue weighted by Crippen LogP contribution is -2.11. The molecule has 0 saturated carbocycles. The molecule has 0 bridgehead atoms. The van der Waals surface area contributed by atoms with Crippen LogP contribution in [0.25, 0.3) is 132 Å². The lowest BCUT2D eigenvalue weighted by molar-refractivity contribution is 1.13. The van der Waals surface area contributed by atoms with Gasteiger partial charge in [0, 0.05) is 65.6 Å². The Labute approximate surface area is 424 Å². The van der Waals surface area contributed by atoms with Crippen LogP contribution in [0.1, 0.15) is 11.1 Å². The Bertz CT molecular complexity index is 4730. The van der Waals surface area contributed by atoms with Gasteiger partial charge in [-0.3, -0.25) is 0 Å². The molecule has 0 atom stereocenters. The Balaban J connectivity index is 1.03. The number of para-hydroxylation sites is 6. The van der Waals surface area contributed by atoms with Gasteiger partial charge >= 0.3 is 0 Å². The molecule has 0 N–H and O–H groups in total. The fourth-order valence-electron chi connectivity index (χ4n) is 12.2. The van der Waals surface area contributed by atoms with E-state index >= 15 is 0 Å². The summed E-state index contributed by atoms with van der Waals surface area (Å²) in [5.41, 5.74) is 15.9. The second-order valence-electron chi connectivity index (χ2n) is 19.0. The Morgan fingerprint density at radius 1 is 0.243 bits per heavy atom. The molecule has 0 radical (unpaired) electrons. The van der Waals surface area contributed by atoms with Crippen LogP contribution in [0.3, 0.4) is 0 Å². The van der Waals surface area contributed by atoms with Crippen molar-refractivity contribution in [2.75, 3.05) is 0 Å². The molecule has 15 rings (SSSR count). The first-order valence-electron chi connectivity index (χ1n) is 24.9. The molecule has 11 aromatic carbocycles. The highest BCUT2D eigenvalue weighted by Crippen LogP contribution is 2.49. The van der Waals surface area contributed by atoms with Crippen molar-refractivity contribution in [3.05, 3.63) is 254 Å². The number of rotatable bonds is 6. The van der Waals surface area contributed by atoms with E-state index in [1.54, 1.807) is 0 Å². The van der Waals surface area contributed by atoms with Gasteiger partial charge in [-0.15, -0.1) is 0 Å². The first-order chi connectivity index (χ1) is 36.7. The minimum Gasteiger partial charge on any atom is -0.309 e. The van der Waals surface area contributed by atoms with Gasteiger partial charge in [-0.2, -0.15) is 10.5 Å². The number of hydrogen-bond acceptors (Lipinski definition) is 2. The van der Waals surface area contributed by atoms with Crippen LogP contribution in [0.2, 0.25) is 0 Å². The van der Waals surface area contributed by atoms with E-state index in [1.807, 2.05) is 60.7 Å². The molecule has 4 heterocycles. The maximum absolute atomic E-state index is 11.8. The van der Waals surface area contributed by atoms with Gasteiger partial charge in [-0.05, 0) is 83.9 Å². The van der Waals surface area contributed by atoms with Crippen LogP contribution in [0, 0.1) is 22.7 Å². The number of hydrogen-bond donors (Lipinski definition) is 0. The van der Waals surface area contributed by atoms with Crippen LogP contribution < -0.4 is 0 Å². The summed E-state index contributed by atoms with van der Waals surface area (Å²) < 4.78 is 9.22. The van der Waals surface area contributed by atoms with Gasteiger partial charge in [0.2, 0.25) is 0 Å². The fraction of sp³-hybridized carbons (Fsp3) is 0. The minimum absolute atomic E-state index is 0.419. The molecule has 0 amide bonds. The van der Waals surface area contributed by atoms with Crippen molar-refractivity contribution in [3.8, 4) is 57.1 Å². The predicted molar refractivity (Wildman–Crippen MR) is 304 cm³/mol. The van der Waals surface area contributed by atoms with Crippen molar-refractivity contribution >= 4 is 87.2 Å². The van der Waals surface area contributed by atoms with E-state index in [-0.39, 0.29) is 0 Å². The lowest BCUT2D eigenvalue weighted by atomic mass is 9.86. The third-order valence-electron chi connectivity index (χ3n) is 15.2. The van der Waals surface area contributed by atoms with E-state index in [4.69, 9.17) is 0 Å². The van der Waals surface area contributed by atoms with Gasteiger partial charge in [0.05, 0.1) is 66.6 Å². The molecule has 0 aliphatic rings. The molecule has 0 unspecified atom stereocenters. The summed E-state index contributed by atoms with van der Waals surface area (Å²) in [5, 5.41) is 32.7. The van der Waals surface area contributed by atoms with Crippen molar-refractivity contribution in [2.45, 2.75) is 0 Å². The standard InChI is InChI=1S/C68H40N6/c69-41-55-65(43-19-3-1-4-20-43)68(66(44-21-5-2-6-22-44)56(42-70)67(55)73-60-32-16-9-25-49(60)50-26-10-17-33-61(50)73)74-62-34-18-12-28-52(62)54-40-46(36-38-64(54)74)72-59-31-15-11-27-51(59)53-39-45(35-37-63(53)72)71-57-29-13-7-23-47(57)48-24-8-14-30-58(48)71/h1-40H. The summed E-state index contributed by atoms with van der Waals surface area (Å²) in [6.45, 7) is 0. The normalized spacial score (nSPS) is 11.8. The molecule has 4 aromatic heterocycles. The SMILES string of the molecule is N#Cc1c(-c2ccccc2)c(-n2c3ccccc3c3cc(-n4c5ccccc5c5cc(-n6c7ccccc7c7ccccc76)ccc54)ccc32)c(-c2ccccc2)c(C#N)c1-n1c2ccccc2c2ccccc21. The third kappa shape index (κ3) is 5.79. The molecule has 0 aliphatic carbocycles. The Morgan fingerprint density at radius 2 is 0.514 bits per heavy atom. The van der Waals surface area contributed by atoms with Gasteiger partial charge in [0.25, 0.3) is 0 Å². The van der Waals surface area contributed by atoms with E-state index in [0.29, 0.717) is 16.8 Å². The molecule has 0 fully saturated rings. The van der Waals surface area contributed by atoms with E-state index in [0.717, 1.165) is 94.0 Å². The summed E-state index contributed by atoms with van der Waals surface area (Å²) in [7, 11) is 0. The minimum atomic E-state index is 0.419. The van der Waals surface area contributed by atoms with E-state index < -0.39 is 0 Å². The molecule has 0 aliphatic heterocycles. The largest absolute Gasteiger partial charge is 0.309 e. The van der Waals surface area contributed by atoms with E-state index in [1.165, 1.54) is 32.6 Å². The van der Waals surface area contributed by atoms with Crippen LogP contribution in [0.5, 0.6) is 0 Å². The summed E-state index contributed by atoms with van der Waals surface area (Å²) >= 11 is 0. The zero-order chi connectivity index (χ0) is 49.0. The summed E-state index contributed by atoms with van der Waals surface area (Å²) in [6, 6.07) is 90.6. The molecule has 74 heavy (non-hydrogen) atoms. The Hall–Kier alpha value is -10.4. The number of nitrogens with zero attached hydrogens (tertiary/aromatic N) is 6. The summed E-state index contributed by atoms with van der Waals surface area (Å²) in [5.74, 6) is 0. The maximum Gasteiger partial charge on any atom is 0.102 e.